The largest absolute Gasteiger partial charge is 0.481 e. The van der Waals surface area contributed by atoms with E-state index in [1.165, 1.54) is 0 Å². The van der Waals surface area contributed by atoms with Gasteiger partial charge in [-0.05, 0) is 58.1 Å². The van der Waals surface area contributed by atoms with E-state index >= 15 is 0 Å². The predicted octanol–water partition coefficient (Wildman–Crippen LogP) is 4.60. The molecule has 2 N–H and O–H groups in total. The lowest BCUT2D eigenvalue weighted by Crippen LogP contribution is -2.52. The van der Waals surface area contributed by atoms with Crippen LogP contribution < -0.4 is 15.4 Å². The van der Waals surface area contributed by atoms with Gasteiger partial charge < -0.3 is 15.0 Å². The number of imide groups is 1. The van der Waals surface area contributed by atoms with Gasteiger partial charge in [-0.15, -0.1) is 5.92 Å². The molecule has 0 bridgehead atoms. The molecule has 192 valence electrons. The van der Waals surface area contributed by atoms with Crippen LogP contribution in [0.15, 0.2) is 84.9 Å². The van der Waals surface area contributed by atoms with E-state index in [4.69, 9.17) is 4.74 Å². The van der Waals surface area contributed by atoms with Crippen molar-refractivity contribution in [1.82, 2.24) is 15.5 Å². The number of rotatable bonds is 6. The molecule has 7 nitrogen and oxygen atoms in total. The van der Waals surface area contributed by atoms with Gasteiger partial charge in [0.1, 0.15) is 12.4 Å². The van der Waals surface area contributed by atoms with Crippen LogP contribution in [0, 0.1) is 11.8 Å². The van der Waals surface area contributed by atoms with E-state index in [0.717, 1.165) is 27.5 Å². The lowest BCUT2D eigenvalue weighted by Gasteiger charge is -2.31. The fourth-order valence-corrected chi connectivity index (χ4v) is 5.25. The number of carbonyl (C=O) groups is 3. The monoisotopic (exact) mass is 515 g/mol. The molecule has 0 saturated carbocycles. The van der Waals surface area contributed by atoms with Crippen LogP contribution in [-0.2, 0) is 16.9 Å². The number of hydrogen-bond acceptors (Lipinski definition) is 4. The van der Waals surface area contributed by atoms with Crippen molar-refractivity contribution in [3.63, 3.8) is 0 Å². The van der Waals surface area contributed by atoms with Crippen molar-refractivity contribution in [2.45, 2.75) is 19.0 Å². The van der Waals surface area contributed by atoms with E-state index in [2.05, 4.69) is 52.8 Å². The first-order valence-electron chi connectivity index (χ1n) is 12.6. The molecule has 0 unspecified atom stereocenters. The number of nitrogens with one attached hydrogen (secondary N) is 2. The number of fused-ring (bicyclic) bond motifs is 2. The number of ether oxygens (including phenoxy) is 1. The fourth-order valence-electron chi connectivity index (χ4n) is 5.25. The molecule has 4 aromatic rings. The highest BCUT2D eigenvalue weighted by molar-refractivity contribution is 6.08. The molecule has 0 radical (unpaired) electrons. The Morgan fingerprint density at radius 3 is 2.41 bits per heavy atom. The first-order valence-corrected chi connectivity index (χ1v) is 12.6. The second-order valence-corrected chi connectivity index (χ2v) is 9.65. The molecule has 0 spiro atoms. The zero-order chi connectivity index (χ0) is 27.0. The maximum Gasteiger partial charge on any atom is 0.322 e. The van der Waals surface area contributed by atoms with Crippen molar-refractivity contribution in [2.75, 3.05) is 13.2 Å². The summed E-state index contributed by atoms with van der Waals surface area (Å²) in [6.07, 6.45) is 0. The first-order chi connectivity index (χ1) is 19.0. The van der Waals surface area contributed by atoms with E-state index in [1.807, 2.05) is 42.5 Å². The zero-order valence-electron chi connectivity index (χ0n) is 21.3. The Morgan fingerprint density at radius 1 is 0.897 bits per heavy atom. The summed E-state index contributed by atoms with van der Waals surface area (Å²) in [6, 6.07) is 26.7. The van der Waals surface area contributed by atoms with Crippen molar-refractivity contribution in [1.29, 1.82) is 0 Å². The summed E-state index contributed by atoms with van der Waals surface area (Å²) in [5.41, 5.74) is 2.56. The van der Waals surface area contributed by atoms with Gasteiger partial charge in [-0.2, -0.15) is 0 Å². The standard InChI is InChI=1S/C32H25N3O4/c1-2-3-16-39-27-15-12-25-19-35(29(36)28(25)18-27)20-32(30(37)33-31(38)34-32)26-13-10-22(11-14-26)24-9-8-21-6-4-5-7-23(21)17-24/h4-15,17-18H,16,19-20H2,1H3,(H2,33,34,37,38)/t32-/m1/s1. The average Bonchev–Trinajstić information content (AvgIpc) is 3.42. The predicted molar refractivity (Wildman–Crippen MR) is 148 cm³/mol. The third-order valence-electron chi connectivity index (χ3n) is 7.28. The van der Waals surface area contributed by atoms with Gasteiger partial charge in [0.2, 0.25) is 0 Å². The number of urea groups is 1. The molecule has 4 aromatic carbocycles. The van der Waals surface area contributed by atoms with Crippen LogP contribution in [0.2, 0.25) is 0 Å². The Kier molecular flexibility index (Phi) is 6.01. The molecule has 4 amide bonds. The Balaban J connectivity index is 1.28. The van der Waals surface area contributed by atoms with Crippen LogP contribution in [0.5, 0.6) is 5.75 Å². The Bertz CT molecular complexity index is 1700. The number of hydrogen-bond donors (Lipinski definition) is 2. The highest BCUT2D eigenvalue weighted by atomic mass is 16.5. The van der Waals surface area contributed by atoms with Gasteiger partial charge in [0.15, 0.2) is 5.54 Å². The minimum absolute atomic E-state index is 0.00902. The summed E-state index contributed by atoms with van der Waals surface area (Å²) < 4.78 is 5.61. The summed E-state index contributed by atoms with van der Waals surface area (Å²) in [7, 11) is 0. The molecule has 7 heteroatoms. The molecule has 1 saturated heterocycles. The Labute approximate surface area is 225 Å². The van der Waals surface area contributed by atoms with Crippen LogP contribution in [-0.4, -0.2) is 35.9 Å². The van der Waals surface area contributed by atoms with Crippen molar-refractivity contribution >= 4 is 28.6 Å². The molecule has 6 rings (SSSR count). The van der Waals surface area contributed by atoms with Gasteiger partial charge in [-0.25, -0.2) is 4.79 Å². The van der Waals surface area contributed by atoms with Crippen LogP contribution in [0.1, 0.15) is 28.4 Å². The Morgan fingerprint density at radius 2 is 1.67 bits per heavy atom. The maximum absolute atomic E-state index is 13.4. The molecule has 0 aromatic heterocycles. The summed E-state index contributed by atoms with van der Waals surface area (Å²) in [5, 5.41) is 7.46. The lowest BCUT2D eigenvalue weighted by atomic mass is 9.88. The van der Waals surface area contributed by atoms with Gasteiger partial charge in [0, 0.05) is 12.1 Å². The van der Waals surface area contributed by atoms with E-state index in [1.54, 1.807) is 24.0 Å². The van der Waals surface area contributed by atoms with Crippen molar-refractivity contribution in [3.05, 3.63) is 102 Å². The minimum Gasteiger partial charge on any atom is -0.481 e. The lowest BCUT2D eigenvalue weighted by molar-refractivity contribution is -0.124. The highest BCUT2D eigenvalue weighted by Crippen LogP contribution is 2.34. The average molecular weight is 516 g/mol. The van der Waals surface area contributed by atoms with Gasteiger partial charge in [-0.1, -0.05) is 72.7 Å². The number of carbonyl (C=O) groups excluding carboxylic acids is 3. The van der Waals surface area contributed by atoms with Crippen molar-refractivity contribution < 1.29 is 19.1 Å². The van der Waals surface area contributed by atoms with Crippen molar-refractivity contribution in [3.8, 4) is 28.7 Å². The zero-order valence-corrected chi connectivity index (χ0v) is 21.3. The first kappa shape index (κ1) is 24.3. The van der Waals surface area contributed by atoms with E-state index in [0.29, 0.717) is 23.4 Å². The summed E-state index contributed by atoms with van der Waals surface area (Å²) in [6.45, 7) is 2.28. The van der Waals surface area contributed by atoms with Gasteiger partial charge in [-0.3, -0.25) is 14.9 Å². The molecule has 1 fully saturated rings. The van der Waals surface area contributed by atoms with E-state index < -0.39 is 17.5 Å². The summed E-state index contributed by atoms with van der Waals surface area (Å²) in [4.78, 5) is 40.5. The van der Waals surface area contributed by atoms with Crippen LogP contribution in [0.3, 0.4) is 0 Å². The maximum atomic E-state index is 13.4. The molecule has 2 aliphatic heterocycles. The highest BCUT2D eigenvalue weighted by Gasteiger charge is 2.50. The van der Waals surface area contributed by atoms with Gasteiger partial charge in [0.25, 0.3) is 11.8 Å². The minimum atomic E-state index is -1.41. The van der Waals surface area contributed by atoms with E-state index in [-0.39, 0.29) is 19.1 Å². The smallest absolute Gasteiger partial charge is 0.322 e. The molecule has 2 heterocycles. The molecule has 39 heavy (non-hydrogen) atoms. The number of nitrogens with zero attached hydrogens (tertiary/aromatic N) is 1. The molecule has 2 aliphatic rings. The summed E-state index contributed by atoms with van der Waals surface area (Å²) >= 11 is 0. The topological polar surface area (TPSA) is 87.7 Å². The third-order valence-corrected chi connectivity index (χ3v) is 7.28. The molecular weight excluding hydrogens is 490 g/mol. The number of amides is 4. The van der Waals surface area contributed by atoms with Gasteiger partial charge >= 0.3 is 6.03 Å². The number of benzene rings is 4. The summed E-state index contributed by atoms with van der Waals surface area (Å²) in [5.74, 6) is 5.45. The Hall–Kier alpha value is -5.09. The molecule has 0 aliphatic carbocycles. The van der Waals surface area contributed by atoms with Crippen molar-refractivity contribution in [2.24, 2.45) is 0 Å². The van der Waals surface area contributed by atoms with Crippen LogP contribution >= 0.6 is 0 Å². The van der Waals surface area contributed by atoms with Gasteiger partial charge in [0.05, 0.1) is 6.54 Å². The van der Waals surface area contributed by atoms with E-state index in [9.17, 15) is 14.4 Å². The molecule has 1 atom stereocenters. The fraction of sp³-hybridized carbons (Fsp3) is 0.156. The second-order valence-electron chi connectivity index (χ2n) is 9.65. The quantitative estimate of drug-likeness (QED) is 0.290. The SMILES string of the molecule is CC#CCOc1ccc2c(c1)C(=O)N(C[C@]1(c3ccc(-c4ccc5ccccc5c4)cc3)NC(=O)NC1=O)C2. The van der Waals surface area contributed by atoms with Crippen LogP contribution in [0.4, 0.5) is 4.79 Å². The third kappa shape index (κ3) is 4.36. The second kappa shape index (κ2) is 9.66. The normalized spacial score (nSPS) is 17.9. The van der Waals surface area contributed by atoms with Crippen LogP contribution in [0.25, 0.3) is 21.9 Å². The molecular formula is C32H25N3O4.